The molecule has 1 saturated carbocycles. The van der Waals surface area contributed by atoms with Crippen molar-refractivity contribution in [1.82, 2.24) is 0 Å². The predicted molar refractivity (Wildman–Crippen MR) is 174 cm³/mol. The molecule has 5 rings (SSSR count). The Morgan fingerprint density at radius 3 is 1.38 bits per heavy atom. The minimum absolute atomic E-state index is 0.480. The molecule has 2 heterocycles. The zero-order valence-corrected chi connectivity index (χ0v) is 27.0. The molecule has 0 atom stereocenters. The average molecular weight is 603 g/mol. The lowest BCUT2D eigenvalue weighted by atomic mass is 9.79. The summed E-state index contributed by atoms with van der Waals surface area (Å²) in [4.78, 5) is 0. The lowest BCUT2D eigenvalue weighted by molar-refractivity contribution is -0.669. The van der Waals surface area contributed by atoms with Gasteiger partial charge in [0.15, 0.2) is 13.1 Å². The van der Waals surface area contributed by atoms with Crippen LogP contribution in [0.5, 0.6) is 0 Å². The van der Waals surface area contributed by atoms with E-state index in [1.54, 1.807) is 22.7 Å². The van der Waals surface area contributed by atoms with Gasteiger partial charge in [-0.1, -0.05) is 136 Å². The standard InChI is InChI=1S/C36H46N2O2S2/c1-3-5-7-9-11-17-23-37-29-19-13-15-21-31(29)41-33(37)25-27-35(39)28(36(27)40)26-34-38(24-18-12-10-8-6-4-2)30-20-14-16-22-32(30)42-34/h13-16,19-22,25-26,35-36H,3-12,17-18,23-24H2,1-2H3. The van der Waals surface area contributed by atoms with Gasteiger partial charge in [0.25, 0.3) is 10.0 Å². The Bertz CT molecular complexity index is 1390. The molecule has 2 aromatic heterocycles. The summed E-state index contributed by atoms with van der Waals surface area (Å²) < 4.78 is 7.07. The molecule has 0 aliphatic heterocycles. The van der Waals surface area contributed by atoms with Crippen LogP contribution in [0.2, 0.25) is 0 Å². The van der Waals surface area contributed by atoms with Crippen LogP contribution >= 0.6 is 22.7 Å². The molecular weight excluding hydrogens is 557 g/mol. The van der Waals surface area contributed by atoms with E-state index in [1.165, 1.54) is 84.6 Å². The lowest BCUT2D eigenvalue weighted by Crippen LogP contribution is -2.55. The number of aryl methyl sites for hydroxylation is 2. The van der Waals surface area contributed by atoms with Crippen LogP contribution in [0.4, 0.5) is 0 Å². The number of hydrogen-bond acceptors (Lipinski definition) is 4. The fraction of sp³-hybridized carbons (Fsp3) is 0.500. The van der Waals surface area contributed by atoms with Gasteiger partial charge in [0.2, 0.25) is 11.0 Å². The van der Waals surface area contributed by atoms with E-state index in [0.29, 0.717) is 11.1 Å². The first-order valence-electron chi connectivity index (χ1n) is 16.2. The third-order valence-corrected chi connectivity index (χ3v) is 10.8. The summed E-state index contributed by atoms with van der Waals surface area (Å²) in [6.45, 7) is 6.34. The van der Waals surface area contributed by atoms with E-state index < -0.39 is 12.2 Å². The fourth-order valence-electron chi connectivity index (χ4n) is 6.03. The summed E-state index contributed by atoms with van der Waals surface area (Å²) in [6, 6.07) is 16.9. The van der Waals surface area contributed by atoms with Crippen molar-refractivity contribution in [2.24, 2.45) is 0 Å². The van der Waals surface area contributed by atoms with Crippen LogP contribution in [0.1, 0.15) is 101 Å². The number of para-hydroxylation sites is 2. The van der Waals surface area contributed by atoms with Crippen LogP contribution < -0.4 is 19.3 Å². The second-order valence-corrected chi connectivity index (χ2v) is 13.8. The molecule has 2 aromatic carbocycles. The Balaban J connectivity index is 1.34. The van der Waals surface area contributed by atoms with Gasteiger partial charge in [-0.3, -0.25) is 0 Å². The van der Waals surface area contributed by atoms with Crippen LogP contribution in [0.25, 0.3) is 32.6 Å². The van der Waals surface area contributed by atoms with Crippen LogP contribution in [0.3, 0.4) is 0 Å². The van der Waals surface area contributed by atoms with Crippen molar-refractivity contribution in [2.45, 2.75) is 116 Å². The number of nitrogens with zero attached hydrogens (tertiary/aromatic N) is 2. The van der Waals surface area contributed by atoms with Gasteiger partial charge in [0.05, 0.1) is 0 Å². The summed E-state index contributed by atoms with van der Waals surface area (Å²) in [7, 11) is 0. The largest absolute Gasteiger partial charge is 0.846 e. The van der Waals surface area contributed by atoms with Crippen LogP contribution in [-0.2, 0) is 13.1 Å². The Morgan fingerprint density at radius 2 is 0.952 bits per heavy atom. The topological polar surface area (TPSA) is 53.9 Å². The molecule has 0 bridgehead atoms. The molecule has 4 nitrogen and oxygen atoms in total. The van der Waals surface area contributed by atoms with Gasteiger partial charge in [-0.15, -0.1) is 0 Å². The van der Waals surface area contributed by atoms with E-state index in [0.717, 1.165) is 35.9 Å². The molecule has 0 radical (unpaired) electrons. The maximum absolute atomic E-state index is 13.5. The first-order valence-corrected chi connectivity index (χ1v) is 17.8. The number of fused-ring (bicyclic) bond motifs is 2. The van der Waals surface area contributed by atoms with E-state index in [2.05, 4.69) is 71.5 Å². The maximum atomic E-state index is 13.5. The summed E-state index contributed by atoms with van der Waals surface area (Å²) in [5.74, 6) is 0. The van der Waals surface area contributed by atoms with Crippen LogP contribution in [-0.4, -0.2) is 12.2 Å². The van der Waals surface area contributed by atoms with Gasteiger partial charge in [0, 0.05) is 37.1 Å². The van der Waals surface area contributed by atoms with E-state index in [4.69, 9.17) is 0 Å². The van der Waals surface area contributed by atoms with Crippen molar-refractivity contribution >= 4 is 55.3 Å². The van der Waals surface area contributed by atoms with Crippen molar-refractivity contribution in [2.75, 3.05) is 0 Å². The average Bonchev–Trinajstić information content (AvgIpc) is 3.55. The van der Waals surface area contributed by atoms with Crippen molar-refractivity contribution in [3.8, 4) is 0 Å². The Labute approximate surface area is 259 Å². The first kappa shape index (κ1) is 31.1. The zero-order chi connectivity index (χ0) is 29.3. The minimum atomic E-state index is -1.06. The number of unbranched alkanes of at least 4 members (excludes halogenated alkanes) is 10. The highest BCUT2D eigenvalue weighted by Gasteiger charge is 2.29. The summed E-state index contributed by atoms with van der Waals surface area (Å²) in [5, 5.41) is 29.0. The molecule has 224 valence electrons. The number of hydrogen-bond donors (Lipinski definition) is 0. The van der Waals surface area contributed by atoms with Gasteiger partial charge >= 0.3 is 0 Å². The summed E-state index contributed by atoms with van der Waals surface area (Å²) in [5.41, 5.74) is 3.36. The SMILES string of the molecule is CCCCCCCC[n+]1c(C=C2C([O-])C(=Cc3sc4ccccc4[n+]3CCCCCCCC)C2[O-])sc2ccccc21. The van der Waals surface area contributed by atoms with Crippen LogP contribution in [0, 0.1) is 0 Å². The van der Waals surface area contributed by atoms with Crippen molar-refractivity contribution in [3.63, 3.8) is 0 Å². The Morgan fingerprint density at radius 1 is 0.571 bits per heavy atom. The third-order valence-electron chi connectivity index (χ3n) is 8.54. The highest BCUT2D eigenvalue weighted by molar-refractivity contribution is 7.19. The molecule has 1 aliphatic rings. The molecule has 0 spiro atoms. The molecule has 0 saturated heterocycles. The minimum Gasteiger partial charge on any atom is -0.846 e. The Kier molecular flexibility index (Phi) is 11.4. The monoisotopic (exact) mass is 602 g/mol. The quantitative estimate of drug-likeness (QED) is 0.0995. The van der Waals surface area contributed by atoms with Gasteiger partial charge in [0.1, 0.15) is 9.40 Å². The molecular formula is C36H46N2O2S2. The number of aromatic nitrogens is 2. The second kappa shape index (κ2) is 15.4. The Hall–Kier alpha value is -2.38. The maximum Gasteiger partial charge on any atom is 0.262 e. The highest BCUT2D eigenvalue weighted by atomic mass is 32.1. The van der Waals surface area contributed by atoms with Gasteiger partial charge in [-0.05, 0) is 25.0 Å². The highest BCUT2D eigenvalue weighted by Crippen LogP contribution is 2.35. The van der Waals surface area contributed by atoms with E-state index in [9.17, 15) is 10.2 Å². The zero-order valence-electron chi connectivity index (χ0n) is 25.4. The van der Waals surface area contributed by atoms with Gasteiger partial charge in [-0.2, -0.15) is 9.13 Å². The summed E-state index contributed by atoms with van der Waals surface area (Å²) >= 11 is 3.38. The number of thiazole rings is 2. The molecule has 1 aliphatic carbocycles. The molecule has 4 aromatic rings. The molecule has 42 heavy (non-hydrogen) atoms. The van der Waals surface area contributed by atoms with E-state index in [-0.39, 0.29) is 0 Å². The van der Waals surface area contributed by atoms with Crippen molar-refractivity contribution in [3.05, 3.63) is 69.7 Å². The smallest absolute Gasteiger partial charge is 0.262 e. The molecule has 0 amide bonds. The fourth-order valence-corrected chi connectivity index (χ4v) is 8.33. The first-order chi connectivity index (χ1) is 20.6. The van der Waals surface area contributed by atoms with Gasteiger partial charge in [-0.25, -0.2) is 0 Å². The summed E-state index contributed by atoms with van der Waals surface area (Å²) in [6.07, 6.45) is 16.6. The molecule has 6 heteroatoms. The van der Waals surface area contributed by atoms with Gasteiger partial charge < -0.3 is 10.2 Å². The van der Waals surface area contributed by atoms with E-state index >= 15 is 0 Å². The van der Waals surface area contributed by atoms with Crippen molar-refractivity contribution < 1.29 is 19.3 Å². The van der Waals surface area contributed by atoms with E-state index in [1.807, 2.05) is 12.2 Å². The molecule has 0 unspecified atom stereocenters. The number of rotatable bonds is 16. The number of benzene rings is 2. The molecule has 1 fully saturated rings. The molecule has 0 N–H and O–H groups in total. The van der Waals surface area contributed by atoms with Crippen molar-refractivity contribution in [1.29, 1.82) is 0 Å². The predicted octanol–water partition coefficient (Wildman–Crippen LogP) is 7.35. The lowest BCUT2D eigenvalue weighted by Gasteiger charge is -2.51. The normalized spacial score (nSPS) is 16.9. The second-order valence-electron chi connectivity index (χ2n) is 11.7. The third kappa shape index (κ3) is 7.21. The van der Waals surface area contributed by atoms with Crippen LogP contribution in [0.15, 0.2) is 59.7 Å².